The Balaban J connectivity index is 2.11. The monoisotopic (exact) mass is 388 g/mol. The first-order valence-electron chi connectivity index (χ1n) is 9.17. The van der Waals surface area contributed by atoms with Gasteiger partial charge in [0.1, 0.15) is 11.2 Å². The summed E-state index contributed by atoms with van der Waals surface area (Å²) in [6, 6.07) is 17.6. The molecule has 0 unspecified atom stereocenters. The Hall–Kier alpha value is -3.05. The summed E-state index contributed by atoms with van der Waals surface area (Å²) in [5, 5.41) is 0. The number of rotatable bonds is 6. The molecule has 3 aromatic rings. The SMILES string of the molecule is COc1ccc(/C(=C/[Si](C)(C)c2ncccn2)c2ccc(C(C)=O)cc2)cc1. The zero-order valence-corrected chi connectivity index (χ0v) is 17.6. The normalized spacial score (nSPS) is 11.9. The Kier molecular flexibility index (Phi) is 5.85. The molecule has 0 radical (unpaired) electrons. The summed E-state index contributed by atoms with van der Waals surface area (Å²) in [7, 11) is -0.386. The third-order valence-electron chi connectivity index (χ3n) is 4.65. The predicted octanol–water partition coefficient (Wildman–Crippen LogP) is 4.27. The van der Waals surface area contributed by atoms with E-state index < -0.39 is 8.07 Å². The number of Topliss-reactive ketones (excluding diaryl/α,β-unsaturated/α-hetero) is 1. The summed E-state index contributed by atoms with van der Waals surface area (Å²) in [6.07, 6.45) is 3.58. The third-order valence-corrected chi connectivity index (χ3v) is 7.07. The summed E-state index contributed by atoms with van der Waals surface area (Å²) in [6.45, 7) is 6.05. The second-order valence-electron chi connectivity index (χ2n) is 7.21. The van der Waals surface area contributed by atoms with E-state index in [1.165, 1.54) is 0 Å². The van der Waals surface area contributed by atoms with Crippen LogP contribution >= 0.6 is 0 Å². The van der Waals surface area contributed by atoms with Gasteiger partial charge >= 0.3 is 0 Å². The van der Waals surface area contributed by atoms with Crippen molar-refractivity contribution in [3.63, 3.8) is 0 Å². The first-order chi connectivity index (χ1) is 13.4. The number of ether oxygens (including phenoxy) is 1. The molecule has 1 heterocycles. The summed E-state index contributed by atoms with van der Waals surface area (Å²) >= 11 is 0. The van der Waals surface area contributed by atoms with Crippen molar-refractivity contribution >= 4 is 24.9 Å². The molecule has 5 heteroatoms. The number of benzene rings is 2. The molecule has 0 aliphatic carbocycles. The number of ketones is 1. The van der Waals surface area contributed by atoms with Crippen LogP contribution in [0.5, 0.6) is 5.75 Å². The van der Waals surface area contributed by atoms with Gasteiger partial charge in [0.25, 0.3) is 0 Å². The van der Waals surface area contributed by atoms with E-state index in [-0.39, 0.29) is 5.78 Å². The molecule has 2 aromatic carbocycles. The van der Waals surface area contributed by atoms with Gasteiger partial charge in [-0.05, 0) is 41.8 Å². The zero-order chi connectivity index (χ0) is 20.1. The van der Waals surface area contributed by atoms with Gasteiger partial charge in [0.05, 0.1) is 7.11 Å². The van der Waals surface area contributed by atoms with Crippen LogP contribution in [0.2, 0.25) is 13.1 Å². The first-order valence-corrected chi connectivity index (χ1v) is 12.2. The molecule has 0 atom stereocenters. The molecule has 4 nitrogen and oxygen atoms in total. The topological polar surface area (TPSA) is 52.1 Å². The highest BCUT2D eigenvalue weighted by Crippen LogP contribution is 2.27. The lowest BCUT2D eigenvalue weighted by molar-refractivity contribution is 0.101. The highest BCUT2D eigenvalue weighted by atomic mass is 28.3. The minimum absolute atomic E-state index is 0.0638. The van der Waals surface area contributed by atoms with Crippen LogP contribution < -0.4 is 10.2 Å². The fourth-order valence-electron chi connectivity index (χ4n) is 3.05. The molecule has 1 aromatic heterocycles. The Morgan fingerprint density at radius 3 is 1.89 bits per heavy atom. The fraction of sp³-hybridized carbons (Fsp3) is 0.174. The molecule has 0 saturated carbocycles. The summed E-state index contributed by atoms with van der Waals surface area (Å²) in [4.78, 5) is 20.6. The van der Waals surface area contributed by atoms with E-state index >= 15 is 0 Å². The fourth-order valence-corrected chi connectivity index (χ4v) is 5.04. The Bertz CT molecular complexity index is 979. The van der Waals surface area contributed by atoms with E-state index in [1.54, 1.807) is 26.4 Å². The Labute approximate surface area is 167 Å². The van der Waals surface area contributed by atoms with Crippen molar-refractivity contribution in [3.05, 3.63) is 89.4 Å². The average Bonchev–Trinajstić information content (AvgIpc) is 2.73. The molecule has 0 spiro atoms. The van der Waals surface area contributed by atoms with Crippen molar-refractivity contribution in [3.8, 4) is 5.75 Å². The molecular weight excluding hydrogens is 364 g/mol. The van der Waals surface area contributed by atoms with Crippen LogP contribution in [0.1, 0.15) is 28.4 Å². The van der Waals surface area contributed by atoms with Gasteiger partial charge in [0, 0.05) is 18.0 Å². The van der Waals surface area contributed by atoms with Gasteiger partial charge in [0.2, 0.25) is 0 Å². The van der Waals surface area contributed by atoms with Crippen LogP contribution in [0.3, 0.4) is 0 Å². The smallest absolute Gasteiger partial charge is 0.159 e. The Morgan fingerprint density at radius 2 is 1.39 bits per heavy atom. The Morgan fingerprint density at radius 1 is 0.893 bits per heavy atom. The van der Waals surface area contributed by atoms with Crippen molar-refractivity contribution < 1.29 is 9.53 Å². The quantitative estimate of drug-likeness (QED) is 0.467. The van der Waals surface area contributed by atoms with E-state index in [0.717, 1.165) is 27.9 Å². The van der Waals surface area contributed by atoms with Gasteiger partial charge in [-0.3, -0.25) is 4.79 Å². The molecular formula is C23H24N2O2Si. The highest BCUT2D eigenvalue weighted by molar-refractivity contribution is 6.93. The van der Waals surface area contributed by atoms with E-state index in [1.807, 2.05) is 42.5 Å². The number of carbonyl (C=O) groups excluding carboxylic acids is 1. The predicted molar refractivity (Wildman–Crippen MR) is 116 cm³/mol. The van der Waals surface area contributed by atoms with Crippen molar-refractivity contribution in [1.82, 2.24) is 9.97 Å². The summed E-state index contributed by atoms with van der Waals surface area (Å²) in [5.41, 5.74) is 7.18. The van der Waals surface area contributed by atoms with Crippen molar-refractivity contribution in [2.45, 2.75) is 20.0 Å². The van der Waals surface area contributed by atoms with Gasteiger partial charge in [-0.1, -0.05) is 55.2 Å². The molecule has 0 N–H and O–H groups in total. The second kappa shape index (κ2) is 8.31. The van der Waals surface area contributed by atoms with E-state index in [9.17, 15) is 4.79 Å². The highest BCUT2D eigenvalue weighted by Gasteiger charge is 2.25. The molecule has 0 bridgehead atoms. The summed E-state index contributed by atoms with van der Waals surface area (Å²) in [5.74, 6) is 0.881. The van der Waals surface area contributed by atoms with E-state index in [2.05, 4.69) is 40.9 Å². The van der Waals surface area contributed by atoms with Gasteiger partial charge in [0.15, 0.2) is 13.9 Å². The maximum Gasteiger partial charge on any atom is 0.159 e. The van der Waals surface area contributed by atoms with E-state index in [0.29, 0.717) is 5.56 Å². The summed E-state index contributed by atoms with van der Waals surface area (Å²) < 4.78 is 5.30. The van der Waals surface area contributed by atoms with Gasteiger partial charge in [-0.25, -0.2) is 9.97 Å². The standard InChI is InChI=1S/C23H24N2O2Si/c1-17(26)18-6-8-19(9-7-18)22(20-10-12-21(27-2)13-11-20)16-28(3,4)23-24-14-5-15-25-23/h5-16H,1-4H3/b22-16+. The zero-order valence-electron chi connectivity index (χ0n) is 16.6. The van der Waals surface area contributed by atoms with Crippen LogP contribution in [0.15, 0.2) is 72.7 Å². The molecule has 142 valence electrons. The average molecular weight is 389 g/mol. The molecule has 28 heavy (non-hydrogen) atoms. The van der Waals surface area contributed by atoms with Crippen LogP contribution in [-0.4, -0.2) is 30.9 Å². The van der Waals surface area contributed by atoms with E-state index in [4.69, 9.17) is 4.74 Å². The minimum atomic E-state index is -2.05. The lowest BCUT2D eigenvalue weighted by Gasteiger charge is -2.19. The van der Waals surface area contributed by atoms with Crippen molar-refractivity contribution in [2.75, 3.05) is 7.11 Å². The largest absolute Gasteiger partial charge is 0.497 e. The molecule has 0 aliphatic rings. The molecule has 0 aliphatic heterocycles. The minimum Gasteiger partial charge on any atom is -0.497 e. The van der Waals surface area contributed by atoms with Crippen LogP contribution in [0, 0.1) is 0 Å². The van der Waals surface area contributed by atoms with Crippen molar-refractivity contribution in [2.24, 2.45) is 0 Å². The maximum absolute atomic E-state index is 11.6. The number of hydrogen-bond acceptors (Lipinski definition) is 4. The van der Waals surface area contributed by atoms with Gasteiger partial charge in [-0.2, -0.15) is 0 Å². The number of methoxy groups -OCH3 is 1. The number of nitrogens with zero attached hydrogens (tertiary/aromatic N) is 2. The van der Waals surface area contributed by atoms with Gasteiger partial charge < -0.3 is 4.74 Å². The maximum atomic E-state index is 11.6. The van der Waals surface area contributed by atoms with Crippen LogP contribution in [0.4, 0.5) is 0 Å². The molecule has 0 saturated heterocycles. The lowest BCUT2D eigenvalue weighted by atomic mass is 9.98. The van der Waals surface area contributed by atoms with Crippen LogP contribution in [-0.2, 0) is 0 Å². The number of carbonyl (C=O) groups is 1. The second-order valence-corrected chi connectivity index (χ2v) is 11.4. The van der Waals surface area contributed by atoms with Gasteiger partial charge in [-0.15, -0.1) is 0 Å². The molecule has 0 amide bonds. The molecule has 0 fully saturated rings. The third kappa shape index (κ3) is 4.43. The van der Waals surface area contributed by atoms with Crippen molar-refractivity contribution in [1.29, 1.82) is 0 Å². The number of aromatic nitrogens is 2. The van der Waals surface area contributed by atoms with Crippen LogP contribution in [0.25, 0.3) is 5.57 Å². The first kappa shape index (κ1) is 19.7. The number of hydrogen-bond donors (Lipinski definition) is 0. The molecule has 3 rings (SSSR count). The lowest BCUT2D eigenvalue weighted by Crippen LogP contribution is -2.44.